The van der Waals surface area contributed by atoms with Gasteiger partial charge in [-0.05, 0) is 25.2 Å². The summed E-state index contributed by atoms with van der Waals surface area (Å²) in [6.45, 7) is 4.13. The van der Waals surface area contributed by atoms with Gasteiger partial charge in [-0.2, -0.15) is 5.10 Å². The van der Waals surface area contributed by atoms with E-state index in [0.29, 0.717) is 18.1 Å². The van der Waals surface area contributed by atoms with Crippen LogP contribution in [0.25, 0.3) is 0 Å². The molecule has 2 heterocycles. The number of carbonyl (C=O) groups excluding carboxylic acids is 1. The van der Waals surface area contributed by atoms with Crippen molar-refractivity contribution in [2.75, 3.05) is 6.61 Å². The monoisotopic (exact) mass is 416 g/mol. The third-order valence-electron chi connectivity index (χ3n) is 4.97. The Bertz CT molecular complexity index is 1100. The van der Waals surface area contributed by atoms with E-state index in [4.69, 9.17) is 17.0 Å². The van der Waals surface area contributed by atoms with Gasteiger partial charge in [0.05, 0.1) is 18.4 Å². The predicted octanol–water partition coefficient (Wildman–Crippen LogP) is 2.65. The largest absolute Gasteiger partial charge is 0.494 e. The molecular formula is C20H24N4O4S. The van der Waals surface area contributed by atoms with Crippen LogP contribution in [0.15, 0.2) is 34.2 Å². The van der Waals surface area contributed by atoms with Gasteiger partial charge in [0.25, 0.3) is 5.56 Å². The molecule has 1 aromatic carbocycles. The van der Waals surface area contributed by atoms with Gasteiger partial charge in [-0.15, -0.1) is 0 Å². The molecule has 0 saturated carbocycles. The quantitative estimate of drug-likeness (QED) is 0.757. The lowest BCUT2D eigenvalue weighted by Gasteiger charge is -2.23. The molecule has 1 aromatic heterocycles. The average Bonchev–Trinajstić information content (AvgIpc) is 3.15. The molecule has 0 bridgehead atoms. The first-order valence-corrected chi connectivity index (χ1v) is 9.83. The third kappa shape index (κ3) is 3.57. The van der Waals surface area contributed by atoms with Crippen molar-refractivity contribution in [3.05, 3.63) is 50.5 Å². The minimum Gasteiger partial charge on any atom is -0.494 e. The smallest absolute Gasteiger partial charge is 0.267 e. The number of benzene rings is 1. The topological polar surface area (TPSA) is 89.1 Å². The standard InChI is InChI=1S/C20H24N4O4S/c1-5-16(25)24-14(12-9-7-8-10-15(12)28-6-2)11-13(21-24)17-18(26)22(3)20(29)23(4)19(17)27/h7-10,14,26H,5-6,11H2,1-4H3/t14-/m0/s1. The summed E-state index contributed by atoms with van der Waals surface area (Å²) in [4.78, 5) is 25.4. The summed E-state index contributed by atoms with van der Waals surface area (Å²) in [7, 11) is 3.12. The van der Waals surface area contributed by atoms with Crippen LogP contribution in [0.2, 0.25) is 0 Å². The highest BCUT2D eigenvalue weighted by Gasteiger charge is 2.36. The molecule has 154 valence electrons. The Morgan fingerprint density at radius 1 is 1.28 bits per heavy atom. The molecule has 0 aliphatic carbocycles. The Morgan fingerprint density at radius 2 is 1.97 bits per heavy atom. The minimum absolute atomic E-state index is 0.0499. The van der Waals surface area contributed by atoms with Crippen LogP contribution >= 0.6 is 12.2 Å². The zero-order valence-corrected chi connectivity index (χ0v) is 17.7. The Hall–Kier alpha value is -2.94. The van der Waals surface area contributed by atoms with Gasteiger partial charge in [-0.3, -0.25) is 18.7 Å². The number of carbonyl (C=O) groups is 1. The van der Waals surface area contributed by atoms with Crippen molar-refractivity contribution in [2.45, 2.75) is 32.7 Å². The van der Waals surface area contributed by atoms with Crippen molar-refractivity contribution in [1.29, 1.82) is 0 Å². The fourth-order valence-corrected chi connectivity index (χ4v) is 3.59. The molecule has 0 spiro atoms. The number of hydrogen-bond donors (Lipinski definition) is 1. The van der Waals surface area contributed by atoms with Crippen LogP contribution in [0, 0.1) is 4.77 Å². The van der Waals surface area contributed by atoms with Crippen molar-refractivity contribution in [2.24, 2.45) is 19.2 Å². The van der Waals surface area contributed by atoms with E-state index in [9.17, 15) is 14.7 Å². The summed E-state index contributed by atoms with van der Waals surface area (Å²) in [6, 6.07) is 7.02. The summed E-state index contributed by atoms with van der Waals surface area (Å²) >= 11 is 5.18. The Morgan fingerprint density at radius 3 is 2.62 bits per heavy atom. The lowest BCUT2D eigenvalue weighted by Crippen LogP contribution is -2.28. The van der Waals surface area contributed by atoms with Gasteiger partial charge in [0.15, 0.2) is 4.77 Å². The summed E-state index contributed by atoms with van der Waals surface area (Å²) in [5.74, 6) is 0.213. The van der Waals surface area contributed by atoms with Gasteiger partial charge in [-0.1, -0.05) is 25.1 Å². The van der Waals surface area contributed by atoms with E-state index in [1.807, 2.05) is 31.2 Å². The molecule has 1 atom stereocenters. The molecule has 1 N–H and O–H groups in total. The highest BCUT2D eigenvalue weighted by atomic mass is 32.1. The second-order valence-corrected chi connectivity index (χ2v) is 7.10. The highest BCUT2D eigenvalue weighted by molar-refractivity contribution is 7.71. The maximum Gasteiger partial charge on any atom is 0.267 e. The molecule has 8 nitrogen and oxygen atoms in total. The Balaban J connectivity index is 2.15. The maximum absolute atomic E-state index is 12.8. The molecular weight excluding hydrogens is 392 g/mol. The summed E-state index contributed by atoms with van der Waals surface area (Å²) in [5.41, 5.74) is 0.739. The van der Waals surface area contributed by atoms with Gasteiger partial charge in [0, 0.05) is 32.5 Å². The molecule has 1 amide bonds. The van der Waals surface area contributed by atoms with E-state index in [1.165, 1.54) is 14.1 Å². The number of aromatic hydroxyl groups is 1. The fourth-order valence-electron chi connectivity index (χ4n) is 3.42. The first kappa shape index (κ1) is 20.8. The van der Waals surface area contributed by atoms with Gasteiger partial charge < -0.3 is 9.84 Å². The predicted molar refractivity (Wildman–Crippen MR) is 112 cm³/mol. The van der Waals surface area contributed by atoms with Crippen LogP contribution in [-0.2, 0) is 18.9 Å². The zero-order valence-electron chi connectivity index (χ0n) is 16.9. The van der Waals surface area contributed by atoms with Crippen LogP contribution in [-0.4, -0.2) is 37.5 Å². The van der Waals surface area contributed by atoms with E-state index in [-0.39, 0.29) is 35.0 Å². The lowest BCUT2D eigenvalue weighted by atomic mass is 9.98. The Kier molecular flexibility index (Phi) is 5.88. The van der Waals surface area contributed by atoms with Crippen LogP contribution in [0.1, 0.15) is 43.9 Å². The molecule has 0 fully saturated rings. The van der Waals surface area contributed by atoms with E-state index < -0.39 is 11.6 Å². The highest BCUT2D eigenvalue weighted by Crippen LogP contribution is 2.38. The second kappa shape index (κ2) is 8.20. The molecule has 29 heavy (non-hydrogen) atoms. The molecule has 0 unspecified atom stereocenters. The number of nitrogens with zero attached hydrogens (tertiary/aromatic N) is 4. The van der Waals surface area contributed by atoms with Crippen molar-refractivity contribution in [1.82, 2.24) is 14.1 Å². The Labute approximate surface area is 173 Å². The number of ether oxygens (including phenoxy) is 1. The molecule has 0 saturated heterocycles. The summed E-state index contributed by atoms with van der Waals surface area (Å²) in [6.07, 6.45) is 0.530. The van der Waals surface area contributed by atoms with Crippen LogP contribution < -0.4 is 10.3 Å². The van der Waals surface area contributed by atoms with Crippen molar-refractivity contribution >= 4 is 23.8 Å². The second-order valence-electron chi connectivity index (χ2n) is 6.73. The van der Waals surface area contributed by atoms with Gasteiger partial charge in [0.2, 0.25) is 11.8 Å². The van der Waals surface area contributed by atoms with Crippen LogP contribution in [0.4, 0.5) is 0 Å². The number of para-hydroxylation sites is 1. The molecule has 9 heteroatoms. The van der Waals surface area contributed by atoms with Crippen molar-refractivity contribution < 1.29 is 14.6 Å². The SMILES string of the molecule is CCOc1ccccc1[C@@H]1CC(c2c(O)n(C)c(=S)n(C)c2=O)=NN1C(=O)CC. The zero-order chi connectivity index (χ0) is 21.3. The van der Waals surface area contributed by atoms with E-state index >= 15 is 0 Å². The van der Waals surface area contributed by atoms with Gasteiger partial charge in [0.1, 0.15) is 11.3 Å². The summed E-state index contributed by atoms with van der Waals surface area (Å²) < 4.78 is 8.55. The number of amides is 1. The molecule has 2 aromatic rings. The lowest BCUT2D eigenvalue weighted by molar-refractivity contribution is -0.132. The van der Waals surface area contributed by atoms with E-state index in [2.05, 4.69) is 5.10 Å². The number of hydrogen-bond acceptors (Lipinski definition) is 6. The van der Waals surface area contributed by atoms with Gasteiger partial charge >= 0.3 is 0 Å². The first-order valence-electron chi connectivity index (χ1n) is 9.42. The average molecular weight is 417 g/mol. The van der Waals surface area contributed by atoms with E-state index in [0.717, 1.165) is 5.56 Å². The van der Waals surface area contributed by atoms with Crippen molar-refractivity contribution in [3.63, 3.8) is 0 Å². The number of hydrazone groups is 1. The molecule has 3 rings (SSSR count). The number of rotatable bonds is 5. The fraction of sp³-hybridized carbons (Fsp3) is 0.400. The van der Waals surface area contributed by atoms with E-state index in [1.54, 1.807) is 21.0 Å². The first-order chi connectivity index (χ1) is 13.8. The summed E-state index contributed by atoms with van der Waals surface area (Å²) in [5, 5.41) is 16.4. The maximum atomic E-state index is 12.8. The van der Waals surface area contributed by atoms with Gasteiger partial charge in [-0.25, -0.2) is 5.01 Å². The van der Waals surface area contributed by atoms with Crippen LogP contribution in [0.3, 0.4) is 0 Å². The normalized spacial score (nSPS) is 16.1. The third-order valence-corrected chi connectivity index (χ3v) is 5.52. The number of aromatic nitrogens is 2. The molecule has 1 aliphatic rings. The molecule has 1 aliphatic heterocycles. The molecule has 0 radical (unpaired) electrons. The minimum atomic E-state index is -0.452. The van der Waals surface area contributed by atoms with Crippen molar-refractivity contribution in [3.8, 4) is 11.6 Å². The van der Waals surface area contributed by atoms with Crippen LogP contribution in [0.5, 0.6) is 11.6 Å².